The lowest BCUT2D eigenvalue weighted by atomic mass is 10.1. The highest BCUT2D eigenvalue weighted by Gasteiger charge is 2.11. The molecule has 0 spiro atoms. The van der Waals surface area contributed by atoms with Crippen molar-refractivity contribution in [2.45, 2.75) is 13.3 Å². The van der Waals surface area contributed by atoms with Gasteiger partial charge in [-0.3, -0.25) is 14.2 Å². The Bertz CT molecular complexity index is 1070. The van der Waals surface area contributed by atoms with Crippen molar-refractivity contribution in [3.05, 3.63) is 72.7 Å². The second-order valence-corrected chi connectivity index (χ2v) is 5.92. The molecule has 1 aromatic carbocycles. The predicted molar refractivity (Wildman–Crippen MR) is 97.5 cm³/mol. The van der Waals surface area contributed by atoms with Crippen LogP contribution in [0.25, 0.3) is 16.9 Å². The lowest BCUT2D eigenvalue weighted by molar-refractivity contribution is -0.115. The molecule has 1 amide bonds. The van der Waals surface area contributed by atoms with Crippen LogP contribution in [-0.2, 0) is 11.2 Å². The molecule has 0 aliphatic carbocycles. The number of imidazole rings is 1. The first-order valence-electron chi connectivity index (χ1n) is 8.13. The maximum absolute atomic E-state index is 12.4. The molecular weight excluding hydrogens is 328 g/mol. The minimum Gasteiger partial charge on any atom is -0.310 e. The second-order valence-electron chi connectivity index (χ2n) is 5.92. The maximum Gasteiger partial charge on any atom is 0.229 e. The number of anilines is 1. The van der Waals surface area contributed by atoms with Crippen molar-refractivity contribution in [1.29, 1.82) is 0 Å². The van der Waals surface area contributed by atoms with Gasteiger partial charge >= 0.3 is 0 Å². The number of amides is 1. The molecule has 3 heterocycles. The highest BCUT2D eigenvalue weighted by molar-refractivity contribution is 5.92. The lowest BCUT2D eigenvalue weighted by Gasteiger charge is -2.08. The molecule has 26 heavy (non-hydrogen) atoms. The molecule has 4 aromatic rings. The highest BCUT2D eigenvalue weighted by atomic mass is 16.1. The van der Waals surface area contributed by atoms with Crippen molar-refractivity contribution < 1.29 is 4.79 Å². The van der Waals surface area contributed by atoms with Crippen molar-refractivity contribution in [3.63, 3.8) is 0 Å². The largest absolute Gasteiger partial charge is 0.310 e. The van der Waals surface area contributed by atoms with Gasteiger partial charge < -0.3 is 5.32 Å². The summed E-state index contributed by atoms with van der Waals surface area (Å²) in [7, 11) is 0. The van der Waals surface area contributed by atoms with Gasteiger partial charge in [-0.1, -0.05) is 24.3 Å². The van der Waals surface area contributed by atoms with E-state index in [1.807, 2.05) is 37.4 Å². The van der Waals surface area contributed by atoms with E-state index >= 15 is 0 Å². The topological polar surface area (TPSA) is 85.1 Å². The monoisotopic (exact) mass is 344 g/mol. The number of benzene rings is 1. The first kappa shape index (κ1) is 15.9. The third-order valence-corrected chi connectivity index (χ3v) is 4.13. The number of hydrogen-bond donors (Lipinski definition) is 1. The van der Waals surface area contributed by atoms with Crippen LogP contribution in [0, 0.1) is 6.92 Å². The van der Waals surface area contributed by atoms with E-state index in [1.54, 1.807) is 29.2 Å². The Kier molecular flexibility index (Phi) is 4.10. The average Bonchev–Trinajstić information content (AvgIpc) is 3.06. The summed E-state index contributed by atoms with van der Waals surface area (Å²) < 4.78 is 1.80. The van der Waals surface area contributed by atoms with E-state index in [2.05, 4.69) is 25.3 Å². The summed E-state index contributed by atoms with van der Waals surface area (Å²) in [5.74, 6) is 0.501. The van der Waals surface area contributed by atoms with E-state index in [0.29, 0.717) is 23.6 Å². The summed E-state index contributed by atoms with van der Waals surface area (Å²) in [4.78, 5) is 29.1. The van der Waals surface area contributed by atoms with Crippen LogP contribution in [0.1, 0.15) is 11.1 Å². The van der Waals surface area contributed by atoms with Crippen molar-refractivity contribution in [2.75, 3.05) is 5.32 Å². The van der Waals surface area contributed by atoms with E-state index in [9.17, 15) is 4.79 Å². The Labute approximate surface area is 149 Å². The highest BCUT2D eigenvalue weighted by Crippen LogP contribution is 2.18. The molecule has 3 aromatic heterocycles. The summed E-state index contributed by atoms with van der Waals surface area (Å²) in [6.07, 6.45) is 10.2. The van der Waals surface area contributed by atoms with Gasteiger partial charge in [-0.2, -0.15) is 0 Å². The molecule has 1 N–H and O–H groups in total. The maximum atomic E-state index is 12.4. The number of carbonyl (C=O) groups is 1. The third-order valence-electron chi connectivity index (χ3n) is 4.13. The van der Waals surface area contributed by atoms with Gasteiger partial charge in [0, 0.05) is 24.2 Å². The Morgan fingerprint density at radius 2 is 1.88 bits per heavy atom. The molecular formula is C19H16N6O. The molecule has 0 fully saturated rings. The number of aromatic nitrogens is 5. The van der Waals surface area contributed by atoms with E-state index < -0.39 is 0 Å². The van der Waals surface area contributed by atoms with E-state index in [0.717, 1.165) is 16.7 Å². The average molecular weight is 344 g/mol. The zero-order valence-electron chi connectivity index (χ0n) is 14.1. The molecule has 0 saturated carbocycles. The van der Waals surface area contributed by atoms with E-state index in [4.69, 9.17) is 0 Å². The fourth-order valence-corrected chi connectivity index (χ4v) is 2.73. The molecule has 7 heteroatoms. The summed E-state index contributed by atoms with van der Waals surface area (Å²) in [6, 6.07) is 7.85. The SMILES string of the molecule is Cc1ccccc1CC(=O)Nc1cnc2cnc(-c3cncnc3)cn12. The third kappa shape index (κ3) is 3.14. The van der Waals surface area contributed by atoms with Crippen LogP contribution >= 0.6 is 0 Å². The number of hydrogen-bond acceptors (Lipinski definition) is 5. The fraction of sp³-hybridized carbons (Fsp3) is 0.105. The fourth-order valence-electron chi connectivity index (χ4n) is 2.73. The van der Waals surface area contributed by atoms with E-state index in [1.165, 1.54) is 6.33 Å². The smallest absolute Gasteiger partial charge is 0.229 e. The second kappa shape index (κ2) is 6.72. The summed E-state index contributed by atoms with van der Waals surface area (Å²) in [5.41, 5.74) is 4.24. The van der Waals surface area contributed by atoms with Crippen LogP contribution in [0.5, 0.6) is 0 Å². The zero-order chi connectivity index (χ0) is 17.9. The van der Waals surface area contributed by atoms with Crippen molar-refractivity contribution in [2.24, 2.45) is 0 Å². The number of carbonyl (C=O) groups excluding carboxylic acids is 1. The summed E-state index contributed by atoms with van der Waals surface area (Å²) in [5, 5.41) is 2.92. The first-order valence-corrected chi connectivity index (χ1v) is 8.13. The van der Waals surface area contributed by atoms with Gasteiger partial charge in [0.15, 0.2) is 5.65 Å². The Morgan fingerprint density at radius 1 is 1.08 bits per heavy atom. The van der Waals surface area contributed by atoms with Gasteiger partial charge in [0.2, 0.25) is 5.91 Å². The van der Waals surface area contributed by atoms with Crippen LogP contribution in [-0.4, -0.2) is 30.2 Å². The molecule has 0 aliphatic rings. The van der Waals surface area contributed by atoms with Gasteiger partial charge in [-0.25, -0.2) is 15.0 Å². The quantitative estimate of drug-likeness (QED) is 0.615. The Balaban J connectivity index is 1.60. The molecule has 4 rings (SSSR count). The van der Waals surface area contributed by atoms with Crippen molar-refractivity contribution >= 4 is 17.4 Å². The predicted octanol–water partition coefficient (Wildman–Crippen LogP) is 2.68. The van der Waals surface area contributed by atoms with Crippen molar-refractivity contribution in [1.82, 2.24) is 24.3 Å². The molecule has 0 saturated heterocycles. The molecule has 0 aliphatic heterocycles. The van der Waals surface area contributed by atoms with Gasteiger partial charge in [0.1, 0.15) is 12.1 Å². The molecule has 7 nitrogen and oxygen atoms in total. The van der Waals surface area contributed by atoms with Gasteiger partial charge in [0.05, 0.1) is 24.5 Å². The first-order chi connectivity index (χ1) is 12.7. The van der Waals surface area contributed by atoms with Gasteiger partial charge in [0.25, 0.3) is 0 Å². The van der Waals surface area contributed by atoms with Crippen molar-refractivity contribution in [3.8, 4) is 11.3 Å². The normalized spacial score (nSPS) is 10.8. The standard InChI is InChI=1S/C19H16N6O/c1-13-4-2-3-5-14(13)6-19(26)24-18-10-23-17-9-22-16(11-25(17)18)15-7-20-12-21-8-15/h2-5,7-12H,6H2,1H3,(H,24,26). The zero-order valence-corrected chi connectivity index (χ0v) is 14.1. The Hall–Kier alpha value is -3.61. The van der Waals surface area contributed by atoms with Crippen LogP contribution in [0.2, 0.25) is 0 Å². The minimum absolute atomic E-state index is 0.0949. The molecule has 0 bridgehead atoms. The van der Waals surface area contributed by atoms with Crippen LogP contribution < -0.4 is 5.32 Å². The van der Waals surface area contributed by atoms with Gasteiger partial charge in [-0.15, -0.1) is 0 Å². The van der Waals surface area contributed by atoms with Gasteiger partial charge in [-0.05, 0) is 18.1 Å². The summed E-state index contributed by atoms with van der Waals surface area (Å²) in [6.45, 7) is 2.00. The summed E-state index contributed by atoms with van der Waals surface area (Å²) >= 11 is 0. The molecule has 0 unspecified atom stereocenters. The molecule has 0 radical (unpaired) electrons. The number of nitrogens with zero attached hydrogens (tertiary/aromatic N) is 5. The van der Waals surface area contributed by atoms with Crippen LogP contribution in [0.3, 0.4) is 0 Å². The van der Waals surface area contributed by atoms with Crippen LogP contribution in [0.15, 0.2) is 61.6 Å². The number of aryl methyl sites for hydroxylation is 1. The number of fused-ring (bicyclic) bond motifs is 1. The number of nitrogens with one attached hydrogen (secondary N) is 1. The van der Waals surface area contributed by atoms with E-state index in [-0.39, 0.29) is 5.91 Å². The lowest BCUT2D eigenvalue weighted by Crippen LogP contribution is -2.16. The van der Waals surface area contributed by atoms with Crippen LogP contribution in [0.4, 0.5) is 5.82 Å². The Morgan fingerprint density at radius 3 is 2.69 bits per heavy atom. The number of rotatable bonds is 4. The molecule has 128 valence electrons. The minimum atomic E-state index is -0.0949. The molecule has 0 atom stereocenters.